The molecular formula is C22H20N2O4S. The number of anilines is 2. The fraction of sp³-hybridized carbons (Fsp3) is 0.136. The molecular weight excluding hydrogens is 388 g/mol. The molecule has 1 aliphatic rings. The van der Waals surface area contributed by atoms with Crippen LogP contribution in [0.5, 0.6) is 5.75 Å². The van der Waals surface area contributed by atoms with Gasteiger partial charge in [0.25, 0.3) is 15.9 Å². The fourth-order valence-corrected chi connectivity index (χ4v) is 4.73. The number of hydrogen-bond acceptors (Lipinski definition) is 4. The lowest BCUT2D eigenvalue weighted by Gasteiger charge is -2.34. The van der Waals surface area contributed by atoms with E-state index < -0.39 is 22.0 Å². The summed E-state index contributed by atoms with van der Waals surface area (Å²) in [6, 6.07) is 22.4. The monoisotopic (exact) mass is 408 g/mol. The highest BCUT2D eigenvalue weighted by Gasteiger charge is 2.37. The minimum atomic E-state index is -3.85. The van der Waals surface area contributed by atoms with Crippen LogP contribution >= 0.6 is 0 Å². The molecule has 0 radical (unpaired) electrons. The van der Waals surface area contributed by atoms with Crippen molar-refractivity contribution >= 4 is 27.3 Å². The summed E-state index contributed by atoms with van der Waals surface area (Å²) in [6.07, 6.45) is -0.983. The van der Waals surface area contributed by atoms with Crippen LogP contribution in [-0.2, 0) is 14.8 Å². The molecule has 3 aromatic carbocycles. The van der Waals surface area contributed by atoms with Crippen molar-refractivity contribution < 1.29 is 17.9 Å². The molecule has 0 fully saturated rings. The van der Waals surface area contributed by atoms with Gasteiger partial charge in [0.2, 0.25) is 0 Å². The summed E-state index contributed by atoms with van der Waals surface area (Å²) < 4.78 is 33.6. The topological polar surface area (TPSA) is 75.7 Å². The lowest BCUT2D eigenvalue weighted by Crippen LogP contribution is -2.48. The fourth-order valence-electron chi connectivity index (χ4n) is 3.23. The number of benzene rings is 3. The van der Waals surface area contributed by atoms with Gasteiger partial charge in [-0.05, 0) is 48.9 Å². The summed E-state index contributed by atoms with van der Waals surface area (Å²) in [6.45, 7) is 1.81. The third-order valence-corrected chi connectivity index (χ3v) is 6.44. The van der Waals surface area contributed by atoms with Gasteiger partial charge in [-0.3, -0.25) is 9.10 Å². The Morgan fingerprint density at radius 2 is 1.72 bits per heavy atom. The zero-order chi connectivity index (χ0) is 20.4. The summed E-state index contributed by atoms with van der Waals surface area (Å²) in [4.78, 5) is 13.0. The van der Waals surface area contributed by atoms with Gasteiger partial charge in [0.05, 0.1) is 17.1 Å². The van der Waals surface area contributed by atoms with Gasteiger partial charge in [0, 0.05) is 5.69 Å². The van der Waals surface area contributed by atoms with Crippen molar-refractivity contribution in [2.75, 3.05) is 16.2 Å². The number of nitrogens with zero attached hydrogens (tertiary/aromatic N) is 1. The number of carbonyl (C=O) groups is 1. The van der Waals surface area contributed by atoms with E-state index in [0.29, 0.717) is 17.1 Å². The van der Waals surface area contributed by atoms with Gasteiger partial charge in [0.1, 0.15) is 5.75 Å². The Hall–Kier alpha value is -3.32. The number of para-hydroxylation sites is 2. The zero-order valence-corrected chi connectivity index (χ0v) is 16.6. The summed E-state index contributed by atoms with van der Waals surface area (Å²) >= 11 is 0. The largest absolute Gasteiger partial charge is 0.476 e. The highest BCUT2D eigenvalue weighted by Crippen LogP contribution is 2.36. The molecule has 0 saturated carbocycles. The molecule has 4 rings (SSSR count). The summed E-state index contributed by atoms with van der Waals surface area (Å²) in [7, 11) is -3.85. The molecule has 1 aliphatic heterocycles. The Kier molecular flexibility index (Phi) is 4.98. The number of rotatable bonds is 4. The van der Waals surface area contributed by atoms with Crippen molar-refractivity contribution in [3.63, 3.8) is 0 Å². The third-order valence-electron chi connectivity index (χ3n) is 4.64. The van der Waals surface area contributed by atoms with Crippen LogP contribution in [0.4, 0.5) is 11.4 Å². The number of ether oxygens (including phenoxy) is 1. The molecule has 3 aromatic rings. The predicted molar refractivity (Wildman–Crippen MR) is 112 cm³/mol. The van der Waals surface area contributed by atoms with Crippen LogP contribution in [-0.4, -0.2) is 27.0 Å². The minimum Gasteiger partial charge on any atom is -0.476 e. The van der Waals surface area contributed by atoms with E-state index in [0.717, 1.165) is 5.56 Å². The maximum atomic E-state index is 13.3. The van der Waals surface area contributed by atoms with Crippen molar-refractivity contribution in [1.82, 2.24) is 0 Å². The highest BCUT2D eigenvalue weighted by molar-refractivity contribution is 7.92. The zero-order valence-electron chi connectivity index (χ0n) is 15.8. The summed E-state index contributed by atoms with van der Waals surface area (Å²) in [5.41, 5.74) is 2.05. The SMILES string of the molecule is Cc1cccc(NC(=O)[C@@H]2CN(S(=O)(=O)c3ccccc3)c3ccccc3O2)c1. The van der Waals surface area contributed by atoms with Crippen LogP contribution in [0.25, 0.3) is 0 Å². The molecule has 0 spiro atoms. The molecule has 1 N–H and O–H groups in total. The number of carbonyl (C=O) groups excluding carboxylic acids is 1. The molecule has 29 heavy (non-hydrogen) atoms. The van der Waals surface area contributed by atoms with Crippen LogP contribution < -0.4 is 14.4 Å². The highest BCUT2D eigenvalue weighted by atomic mass is 32.2. The third kappa shape index (κ3) is 3.82. The Bertz CT molecular complexity index is 1150. The first-order chi connectivity index (χ1) is 13.9. The first-order valence-electron chi connectivity index (χ1n) is 9.16. The molecule has 1 amide bonds. The van der Waals surface area contributed by atoms with E-state index in [1.807, 2.05) is 25.1 Å². The van der Waals surface area contributed by atoms with Crippen molar-refractivity contribution in [3.8, 4) is 5.75 Å². The van der Waals surface area contributed by atoms with Crippen LogP contribution in [0.2, 0.25) is 0 Å². The second-order valence-electron chi connectivity index (χ2n) is 6.78. The standard InChI is InChI=1S/C22H20N2O4S/c1-16-8-7-9-17(14-16)23-22(25)21-15-24(19-12-5-6-13-20(19)28-21)29(26,27)18-10-3-2-4-11-18/h2-14,21H,15H2,1H3,(H,23,25)/t21-/m0/s1. The second kappa shape index (κ2) is 7.60. The van der Waals surface area contributed by atoms with Crippen molar-refractivity contribution in [2.45, 2.75) is 17.9 Å². The predicted octanol–water partition coefficient (Wildman–Crippen LogP) is 3.59. The molecule has 1 heterocycles. The Labute approximate surface area is 169 Å². The van der Waals surface area contributed by atoms with Crippen LogP contribution in [0.3, 0.4) is 0 Å². The molecule has 0 bridgehead atoms. The van der Waals surface area contributed by atoms with Gasteiger partial charge in [0.15, 0.2) is 6.10 Å². The molecule has 148 valence electrons. The maximum absolute atomic E-state index is 13.3. The lowest BCUT2D eigenvalue weighted by atomic mass is 10.2. The minimum absolute atomic E-state index is 0.119. The van der Waals surface area contributed by atoms with Crippen LogP contribution in [0.1, 0.15) is 5.56 Å². The second-order valence-corrected chi connectivity index (χ2v) is 8.64. The van der Waals surface area contributed by atoms with Gasteiger partial charge in [-0.2, -0.15) is 0 Å². The molecule has 0 unspecified atom stereocenters. The first-order valence-corrected chi connectivity index (χ1v) is 10.6. The van der Waals surface area contributed by atoms with Crippen molar-refractivity contribution in [2.24, 2.45) is 0 Å². The molecule has 0 aromatic heterocycles. The van der Waals surface area contributed by atoms with Crippen LogP contribution in [0, 0.1) is 6.92 Å². The number of fused-ring (bicyclic) bond motifs is 1. The van der Waals surface area contributed by atoms with Gasteiger partial charge >= 0.3 is 0 Å². The van der Waals surface area contributed by atoms with Gasteiger partial charge in [-0.25, -0.2) is 8.42 Å². The van der Waals surface area contributed by atoms with Gasteiger partial charge in [-0.1, -0.05) is 42.5 Å². The normalized spacial score (nSPS) is 15.9. The average Bonchev–Trinajstić information content (AvgIpc) is 2.73. The van der Waals surface area contributed by atoms with Crippen LogP contribution in [0.15, 0.2) is 83.8 Å². The number of sulfonamides is 1. The molecule has 7 heteroatoms. The summed E-state index contributed by atoms with van der Waals surface area (Å²) in [5.74, 6) is -0.0546. The van der Waals surface area contributed by atoms with Crippen molar-refractivity contribution in [3.05, 3.63) is 84.4 Å². The molecule has 0 aliphatic carbocycles. The smallest absolute Gasteiger partial charge is 0.267 e. The van der Waals surface area contributed by atoms with E-state index in [2.05, 4.69) is 5.32 Å². The molecule has 0 saturated heterocycles. The van der Waals surface area contributed by atoms with Crippen molar-refractivity contribution in [1.29, 1.82) is 0 Å². The Balaban J connectivity index is 1.67. The first kappa shape index (κ1) is 19.0. The van der Waals surface area contributed by atoms with E-state index in [4.69, 9.17) is 4.74 Å². The molecule has 6 nitrogen and oxygen atoms in total. The maximum Gasteiger partial charge on any atom is 0.267 e. The van der Waals surface area contributed by atoms with E-state index >= 15 is 0 Å². The van der Waals surface area contributed by atoms with Gasteiger partial charge in [-0.15, -0.1) is 0 Å². The lowest BCUT2D eigenvalue weighted by molar-refractivity contribution is -0.122. The quantitative estimate of drug-likeness (QED) is 0.716. The average molecular weight is 408 g/mol. The van der Waals surface area contributed by atoms with Gasteiger partial charge < -0.3 is 10.1 Å². The number of aryl methyl sites for hydroxylation is 1. The van der Waals surface area contributed by atoms with E-state index in [1.54, 1.807) is 48.5 Å². The van der Waals surface area contributed by atoms with E-state index in [9.17, 15) is 13.2 Å². The van der Waals surface area contributed by atoms with E-state index in [1.165, 1.54) is 16.4 Å². The number of hydrogen-bond donors (Lipinski definition) is 1. The number of nitrogens with one attached hydrogen (secondary N) is 1. The van der Waals surface area contributed by atoms with E-state index in [-0.39, 0.29) is 11.4 Å². The summed E-state index contributed by atoms with van der Waals surface area (Å²) in [5, 5.41) is 2.81. The Morgan fingerprint density at radius 3 is 2.48 bits per heavy atom. The number of amides is 1. The molecule has 1 atom stereocenters. The Morgan fingerprint density at radius 1 is 1.00 bits per heavy atom.